The van der Waals surface area contributed by atoms with Gasteiger partial charge in [0, 0.05) is 47.0 Å². The van der Waals surface area contributed by atoms with Gasteiger partial charge in [-0.05, 0) is 79.5 Å². The number of halogens is 1. The van der Waals surface area contributed by atoms with Crippen LogP contribution in [0.25, 0.3) is 21.2 Å². The van der Waals surface area contributed by atoms with Gasteiger partial charge < -0.3 is 10.2 Å². The maximum atomic E-state index is 14.2. The highest BCUT2D eigenvalue weighted by atomic mass is 35.5. The molecule has 200 valence electrons. The maximum absolute atomic E-state index is 14.2. The first-order chi connectivity index (χ1) is 19.1. The van der Waals surface area contributed by atoms with Crippen LogP contribution in [-0.2, 0) is 11.3 Å². The van der Waals surface area contributed by atoms with E-state index in [-0.39, 0.29) is 29.8 Å². The first kappa shape index (κ1) is 26.0. The van der Waals surface area contributed by atoms with Gasteiger partial charge >= 0.3 is 0 Å². The Morgan fingerprint density at radius 3 is 2.41 bits per heavy atom. The molecule has 0 atom stereocenters. The lowest BCUT2D eigenvalue weighted by Crippen LogP contribution is -2.47. The van der Waals surface area contributed by atoms with Crippen molar-refractivity contribution < 1.29 is 9.59 Å². The Kier molecular flexibility index (Phi) is 7.67. The van der Waals surface area contributed by atoms with Crippen LogP contribution in [0.5, 0.6) is 0 Å². The Balaban J connectivity index is 1.25. The van der Waals surface area contributed by atoms with Crippen LogP contribution in [0.1, 0.15) is 60.2 Å². The van der Waals surface area contributed by atoms with Gasteiger partial charge in [0.05, 0.1) is 5.02 Å². The van der Waals surface area contributed by atoms with E-state index in [4.69, 9.17) is 11.6 Å². The van der Waals surface area contributed by atoms with Crippen LogP contribution in [0.2, 0.25) is 5.02 Å². The number of fused-ring (bicyclic) bond motifs is 1. The number of benzene rings is 2. The molecule has 1 N–H and O–H groups in total. The lowest BCUT2D eigenvalue weighted by molar-refractivity contribution is -0.128. The molecule has 0 saturated heterocycles. The zero-order chi connectivity index (χ0) is 26.8. The van der Waals surface area contributed by atoms with E-state index in [9.17, 15) is 9.59 Å². The van der Waals surface area contributed by atoms with Crippen molar-refractivity contribution in [2.75, 3.05) is 0 Å². The SMILES string of the molecule is O=C(NC1CCC(N(Cc2cccc(-c3ccncc3)c2)C(=O)c2sc3ccccc3c2Cl)CC1)C1CCC1. The van der Waals surface area contributed by atoms with Crippen molar-refractivity contribution in [1.82, 2.24) is 15.2 Å². The highest BCUT2D eigenvalue weighted by Gasteiger charge is 2.33. The van der Waals surface area contributed by atoms with Crippen molar-refractivity contribution in [2.45, 2.75) is 63.6 Å². The molecule has 0 bridgehead atoms. The molecule has 5 nitrogen and oxygen atoms in total. The van der Waals surface area contributed by atoms with Gasteiger partial charge in [-0.25, -0.2) is 0 Å². The molecule has 2 aliphatic carbocycles. The minimum absolute atomic E-state index is 0.0162. The van der Waals surface area contributed by atoms with Gasteiger partial charge in [0.15, 0.2) is 0 Å². The molecule has 39 heavy (non-hydrogen) atoms. The Morgan fingerprint density at radius 2 is 1.69 bits per heavy atom. The van der Waals surface area contributed by atoms with Crippen LogP contribution in [-0.4, -0.2) is 33.8 Å². The fourth-order valence-electron chi connectivity index (χ4n) is 5.76. The van der Waals surface area contributed by atoms with Gasteiger partial charge in [0.2, 0.25) is 5.91 Å². The van der Waals surface area contributed by atoms with Gasteiger partial charge in [0.1, 0.15) is 4.88 Å². The summed E-state index contributed by atoms with van der Waals surface area (Å²) >= 11 is 8.25. The largest absolute Gasteiger partial charge is 0.353 e. The summed E-state index contributed by atoms with van der Waals surface area (Å²) in [6.07, 6.45) is 10.2. The van der Waals surface area contributed by atoms with Crippen molar-refractivity contribution in [2.24, 2.45) is 5.92 Å². The van der Waals surface area contributed by atoms with Crippen molar-refractivity contribution >= 4 is 44.8 Å². The first-order valence-electron chi connectivity index (χ1n) is 13.8. The third kappa shape index (κ3) is 5.59. The number of hydrogen-bond donors (Lipinski definition) is 1. The molecule has 2 saturated carbocycles. The number of carbonyl (C=O) groups is 2. The molecule has 2 amide bonds. The number of amides is 2. The monoisotopic (exact) mass is 557 g/mol. The van der Waals surface area contributed by atoms with Gasteiger partial charge in [-0.3, -0.25) is 14.6 Å². The number of thiophene rings is 1. The van der Waals surface area contributed by atoms with Gasteiger partial charge in [-0.2, -0.15) is 0 Å². The molecule has 2 aromatic carbocycles. The zero-order valence-electron chi connectivity index (χ0n) is 21.8. The first-order valence-corrected chi connectivity index (χ1v) is 15.0. The number of rotatable bonds is 7. The molecule has 4 aromatic rings. The summed E-state index contributed by atoms with van der Waals surface area (Å²) in [5.74, 6) is 0.392. The third-order valence-electron chi connectivity index (χ3n) is 8.24. The number of nitrogens with one attached hydrogen (secondary N) is 1. The van der Waals surface area contributed by atoms with E-state index in [0.717, 1.165) is 71.7 Å². The lowest BCUT2D eigenvalue weighted by atomic mass is 9.83. The van der Waals surface area contributed by atoms with Gasteiger partial charge in [-0.15, -0.1) is 11.3 Å². The highest BCUT2D eigenvalue weighted by Crippen LogP contribution is 2.38. The topological polar surface area (TPSA) is 62.3 Å². The number of carbonyl (C=O) groups excluding carboxylic acids is 2. The zero-order valence-corrected chi connectivity index (χ0v) is 23.4. The molecule has 0 unspecified atom stereocenters. The van der Waals surface area contributed by atoms with Crippen molar-refractivity contribution in [3.05, 3.63) is 88.5 Å². The second kappa shape index (κ2) is 11.5. The van der Waals surface area contributed by atoms with Crippen LogP contribution < -0.4 is 5.32 Å². The van der Waals surface area contributed by atoms with Crippen LogP contribution >= 0.6 is 22.9 Å². The number of aromatic nitrogens is 1. The summed E-state index contributed by atoms with van der Waals surface area (Å²) in [4.78, 5) is 33.4. The Hall–Kier alpha value is -3.22. The average Bonchev–Trinajstić information content (AvgIpc) is 3.28. The smallest absolute Gasteiger partial charge is 0.266 e. The van der Waals surface area contributed by atoms with Crippen LogP contribution in [0.4, 0.5) is 0 Å². The van der Waals surface area contributed by atoms with E-state index >= 15 is 0 Å². The average molecular weight is 558 g/mol. The van der Waals surface area contributed by atoms with Crippen molar-refractivity contribution in [3.8, 4) is 11.1 Å². The molecular formula is C32H32ClN3O2S. The normalized spacial score (nSPS) is 19.4. The summed E-state index contributed by atoms with van der Waals surface area (Å²) in [5.41, 5.74) is 3.28. The summed E-state index contributed by atoms with van der Waals surface area (Å²) in [5, 5.41) is 4.74. The molecule has 0 spiro atoms. The standard InChI is InChI=1S/C32H32ClN3O2S/c33-29-27-9-1-2-10-28(27)39-30(29)32(38)36(20-21-5-3-8-24(19-21)22-15-17-34-18-16-22)26-13-11-25(12-14-26)35-31(37)23-6-4-7-23/h1-3,5,8-10,15-19,23,25-26H,4,6-7,11-14,20H2,(H,35,37). The van der Waals surface area contributed by atoms with E-state index in [0.29, 0.717) is 16.4 Å². The minimum Gasteiger partial charge on any atom is -0.353 e. The summed E-state index contributed by atoms with van der Waals surface area (Å²) in [6.45, 7) is 0.506. The van der Waals surface area contributed by atoms with E-state index in [2.05, 4.69) is 28.5 Å². The molecular weight excluding hydrogens is 526 g/mol. The fourth-order valence-corrected chi connectivity index (χ4v) is 7.23. The summed E-state index contributed by atoms with van der Waals surface area (Å²) < 4.78 is 1.02. The second-order valence-corrected chi connectivity index (χ2v) is 12.2. The summed E-state index contributed by atoms with van der Waals surface area (Å²) in [7, 11) is 0. The Labute approximate surface area is 238 Å². The molecule has 2 aromatic heterocycles. The van der Waals surface area contributed by atoms with E-state index in [1.807, 2.05) is 47.4 Å². The molecule has 2 heterocycles. The number of nitrogens with zero attached hydrogens (tertiary/aromatic N) is 2. The molecule has 0 aliphatic heterocycles. The van der Waals surface area contributed by atoms with Crippen LogP contribution in [0.15, 0.2) is 73.1 Å². The fraction of sp³-hybridized carbons (Fsp3) is 0.344. The Morgan fingerprint density at radius 1 is 0.923 bits per heavy atom. The van der Waals surface area contributed by atoms with Crippen LogP contribution in [0, 0.1) is 5.92 Å². The predicted molar refractivity (Wildman–Crippen MR) is 158 cm³/mol. The number of pyridine rings is 1. The van der Waals surface area contributed by atoms with E-state index in [1.54, 1.807) is 12.4 Å². The minimum atomic E-state index is -0.0162. The lowest BCUT2D eigenvalue weighted by Gasteiger charge is -2.38. The quantitative estimate of drug-likeness (QED) is 0.256. The molecule has 2 aliphatic rings. The third-order valence-corrected chi connectivity index (χ3v) is 9.91. The predicted octanol–water partition coefficient (Wildman–Crippen LogP) is 7.49. The summed E-state index contributed by atoms with van der Waals surface area (Å²) in [6, 6.07) is 20.6. The molecule has 6 rings (SSSR count). The van der Waals surface area contributed by atoms with E-state index < -0.39 is 0 Å². The van der Waals surface area contributed by atoms with Crippen LogP contribution in [0.3, 0.4) is 0 Å². The molecule has 2 fully saturated rings. The molecule has 7 heteroatoms. The van der Waals surface area contributed by atoms with Crippen molar-refractivity contribution in [3.63, 3.8) is 0 Å². The van der Waals surface area contributed by atoms with Crippen molar-refractivity contribution in [1.29, 1.82) is 0 Å². The Bertz CT molecular complexity index is 1480. The van der Waals surface area contributed by atoms with Gasteiger partial charge in [0.25, 0.3) is 5.91 Å². The highest BCUT2D eigenvalue weighted by molar-refractivity contribution is 7.21. The second-order valence-electron chi connectivity index (χ2n) is 10.8. The van der Waals surface area contributed by atoms with Gasteiger partial charge in [-0.1, -0.05) is 54.4 Å². The number of hydrogen-bond acceptors (Lipinski definition) is 4. The maximum Gasteiger partial charge on any atom is 0.266 e. The van der Waals surface area contributed by atoms with E-state index in [1.165, 1.54) is 11.3 Å². The molecule has 0 radical (unpaired) electrons.